The lowest BCUT2D eigenvalue weighted by molar-refractivity contribution is -0.133. The van der Waals surface area contributed by atoms with E-state index in [1.54, 1.807) is 31.0 Å². The molecular formula is C25H31FN4O2. The van der Waals surface area contributed by atoms with Gasteiger partial charge in [0.2, 0.25) is 11.8 Å². The number of para-hydroxylation sites is 1. The molecule has 6 nitrogen and oxygen atoms in total. The third kappa shape index (κ3) is 4.42. The van der Waals surface area contributed by atoms with E-state index >= 15 is 0 Å². The molecule has 0 N–H and O–H groups in total. The molecule has 2 heterocycles. The number of amides is 2. The minimum absolute atomic E-state index is 0.0361. The minimum Gasteiger partial charge on any atom is -0.368 e. The van der Waals surface area contributed by atoms with Crippen molar-refractivity contribution in [2.24, 2.45) is 0 Å². The summed E-state index contributed by atoms with van der Waals surface area (Å²) >= 11 is 0. The summed E-state index contributed by atoms with van der Waals surface area (Å²) in [7, 11) is 1.80. The van der Waals surface area contributed by atoms with E-state index in [0.29, 0.717) is 51.5 Å². The van der Waals surface area contributed by atoms with Crippen LogP contribution in [0.2, 0.25) is 0 Å². The van der Waals surface area contributed by atoms with Crippen LogP contribution in [0.5, 0.6) is 0 Å². The number of likely N-dealkylation sites (N-methyl/N-ethyl adjacent to an activating group) is 1. The molecule has 2 aromatic carbocycles. The predicted molar refractivity (Wildman–Crippen MR) is 125 cm³/mol. The number of carbonyl (C=O) groups excluding carboxylic acids is 2. The fraction of sp³-hybridized carbons (Fsp3) is 0.440. The number of rotatable bonds is 5. The van der Waals surface area contributed by atoms with Gasteiger partial charge < -0.3 is 19.6 Å². The maximum absolute atomic E-state index is 14.1. The van der Waals surface area contributed by atoms with Gasteiger partial charge in [-0.1, -0.05) is 24.3 Å². The Hall–Kier alpha value is -3.09. The standard InChI is InChI=1S/C25H31FN4O2/c1-18-8-9-20-21(17-30(24(20)16-18)11-10-27(3)19(2)31)25(32)29-14-12-28(13-15-29)23-7-5-4-6-22(23)26/h4-9,16,21H,10-15,17H2,1-3H3. The number of hydrogen-bond donors (Lipinski definition) is 0. The average molecular weight is 439 g/mol. The van der Waals surface area contributed by atoms with Crippen LogP contribution in [0.1, 0.15) is 24.0 Å². The molecule has 0 aliphatic carbocycles. The summed E-state index contributed by atoms with van der Waals surface area (Å²) in [5.41, 5.74) is 3.90. The molecule has 2 amide bonds. The van der Waals surface area contributed by atoms with Crippen LogP contribution in [0.15, 0.2) is 42.5 Å². The molecular weight excluding hydrogens is 407 g/mol. The SMILES string of the molecule is CC(=O)N(C)CCN1CC(C(=O)N2CCN(c3ccccc3F)CC2)c2ccc(C)cc21. The molecule has 7 heteroatoms. The zero-order chi connectivity index (χ0) is 22.8. The molecule has 2 aliphatic rings. The van der Waals surface area contributed by atoms with Crippen molar-refractivity contribution in [3.8, 4) is 0 Å². The number of piperazine rings is 1. The van der Waals surface area contributed by atoms with Gasteiger partial charge >= 0.3 is 0 Å². The molecule has 1 unspecified atom stereocenters. The van der Waals surface area contributed by atoms with Gasteiger partial charge in [-0.25, -0.2) is 4.39 Å². The van der Waals surface area contributed by atoms with Gasteiger partial charge in [0.05, 0.1) is 11.6 Å². The number of halogens is 1. The van der Waals surface area contributed by atoms with E-state index in [1.807, 2.05) is 15.9 Å². The van der Waals surface area contributed by atoms with Gasteiger partial charge in [0, 0.05) is 65.5 Å². The topological polar surface area (TPSA) is 47.1 Å². The maximum Gasteiger partial charge on any atom is 0.232 e. The van der Waals surface area contributed by atoms with Gasteiger partial charge in [0.15, 0.2) is 0 Å². The highest BCUT2D eigenvalue weighted by atomic mass is 19.1. The maximum atomic E-state index is 14.1. The lowest BCUT2D eigenvalue weighted by Gasteiger charge is -2.37. The molecule has 1 fully saturated rings. The first-order valence-corrected chi connectivity index (χ1v) is 11.2. The summed E-state index contributed by atoms with van der Waals surface area (Å²) in [6, 6.07) is 13.1. The number of nitrogens with zero attached hydrogens (tertiary/aromatic N) is 4. The van der Waals surface area contributed by atoms with Crippen molar-refractivity contribution in [1.82, 2.24) is 9.80 Å². The van der Waals surface area contributed by atoms with Crippen molar-refractivity contribution < 1.29 is 14.0 Å². The third-order valence-corrected chi connectivity index (χ3v) is 6.63. The lowest BCUT2D eigenvalue weighted by Crippen LogP contribution is -2.50. The Balaban J connectivity index is 1.45. The molecule has 4 rings (SSSR count). The van der Waals surface area contributed by atoms with E-state index in [4.69, 9.17) is 0 Å². The van der Waals surface area contributed by atoms with Crippen LogP contribution in [0.3, 0.4) is 0 Å². The van der Waals surface area contributed by atoms with Crippen LogP contribution < -0.4 is 9.80 Å². The fourth-order valence-electron chi connectivity index (χ4n) is 4.59. The average Bonchev–Trinajstić information content (AvgIpc) is 3.15. The van der Waals surface area contributed by atoms with Crippen LogP contribution in [0.25, 0.3) is 0 Å². The van der Waals surface area contributed by atoms with Gasteiger partial charge in [-0.05, 0) is 36.2 Å². The Morgan fingerprint density at radius 1 is 1.06 bits per heavy atom. The van der Waals surface area contributed by atoms with Gasteiger partial charge in [0.25, 0.3) is 0 Å². The van der Waals surface area contributed by atoms with Crippen molar-refractivity contribution >= 4 is 23.2 Å². The molecule has 0 radical (unpaired) electrons. The molecule has 170 valence electrons. The van der Waals surface area contributed by atoms with Gasteiger partial charge in [-0.3, -0.25) is 9.59 Å². The summed E-state index contributed by atoms with van der Waals surface area (Å²) < 4.78 is 14.1. The second-order valence-corrected chi connectivity index (χ2v) is 8.77. The number of fused-ring (bicyclic) bond motifs is 1. The first kappa shape index (κ1) is 22.1. The number of carbonyl (C=O) groups is 2. The van der Waals surface area contributed by atoms with Crippen LogP contribution in [-0.2, 0) is 9.59 Å². The third-order valence-electron chi connectivity index (χ3n) is 6.63. The molecule has 32 heavy (non-hydrogen) atoms. The quantitative estimate of drug-likeness (QED) is 0.720. The van der Waals surface area contributed by atoms with E-state index in [-0.39, 0.29) is 23.5 Å². The van der Waals surface area contributed by atoms with E-state index in [2.05, 4.69) is 30.0 Å². The number of hydrogen-bond acceptors (Lipinski definition) is 4. The van der Waals surface area contributed by atoms with Crippen LogP contribution >= 0.6 is 0 Å². The minimum atomic E-state index is -0.224. The smallest absolute Gasteiger partial charge is 0.232 e. The predicted octanol–water partition coefficient (Wildman–Crippen LogP) is 2.86. The molecule has 1 atom stereocenters. The lowest BCUT2D eigenvalue weighted by atomic mass is 9.98. The van der Waals surface area contributed by atoms with Crippen molar-refractivity contribution in [3.63, 3.8) is 0 Å². The Bertz CT molecular complexity index is 1000. The molecule has 0 saturated carbocycles. The Morgan fingerprint density at radius 2 is 1.78 bits per heavy atom. The molecule has 0 spiro atoms. The van der Waals surface area contributed by atoms with Crippen LogP contribution in [0, 0.1) is 12.7 Å². The number of aryl methyl sites for hydroxylation is 1. The summed E-state index contributed by atoms with van der Waals surface area (Å²) in [6.45, 7) is 7.95. The van der Waals surface area contributed by atoms with Crippen molar-refractivity contribution in [1.29, 1.82) is 0 Å². The summed E-state index contributed by atoms with van der Waals surface area (Å²) in [4.78, 5) is 32.9. The zero-order valence-corrected chi connectivity index (χ0v) is 19.1. The van der Waals surface area contributed by atoms with E-state index in [1.165, 1.54) is 6.07 Å². The first-order chi connectivity index (χ1) is 15.3. The first-order valence-electron chi connectivity index (χ1n) is 11.2. The number of benzene rings is 2. The Kier molecular flexibility index (Phi) is 6.35. The van der Waals surface area contributed by atoms with E-state index in [0.717, 1.165) is 16.8 Å². The molecule has 0 bridgehead atoms. The van der Waals surface area contributed by atoms with Crippen molar-refractivity contribution in [3.05, 3.63) is 59.4 Å². The fourth-order valence-corrected chi connectivity index (χ4v) is 4.59. The number of anilines is 2. The Labute approximate surface area is 189 Å². The van der Waals surface area contributed by atoms with Crippen molar-refractivity contribution in [2.45, 2.75) is 19.8 Å². The van der Waals surface area contributed by atoms with Crippen molar-refractivity contribution in [2.75, 3.05) is 62.7 Å². The summed E-state index contributed by atoms with van der Waals surface area (Å²) in [5.74, 6) is -0.272. The van der Waals surface area contributed by atoms with Gasteiger partial charge in [-0.15, -0.1) is 0 Å². The van der Waals surface area contributed by atoms with Crippen LogP contribution in [-0.4, -0.2) is 74.5 Å². The molecule has 2 aromatic rings. The highest BCUT2D eigenvalue weighted by Gasteiger charge is 2.37. The van der Waals surface area contributed by atoms with Gasteiger partial charge in [0.1, 0.15) is 5.82 Å². The normalized spacial score (nSPS) is 18.0. The summed E-state index contributed by atoms with van der Waals surface area (Å²) in [5, 5.41) is 0. The molecule has 0 aromatic heterocycles. The highest BCUT2D eigenvalue weighted by Crippen LogP contribution is 2.38. The highest BCUT2D eigenvalue weighted by molar-refractivity contribution is 5.89. The van der Waals surface area contributed by atoms with Gasteiger partial charge in [-0.2, -0.15) is 0 Å². The second kappa shape index (κ2) is 9.18. The monoisotopic (exact) mass is 438 g/mol. The summed E-state index contributed by atoms with van der Waals surface area (Å²) in [6.07, 6.45) is 0. The van der Waals surface area contributed by atoms with E-state index in [9.17, 15) is 14.0 Å². The van der Waals surface area contributed by atoms with E-state index < -0.39 is 0 Å². The molecule has 2 aliphatic heterocycles. The zero-order valence-electron chi connectivity index (χ0n) is 19.1. The largest absolute Gasteiger partial charge is 0.368 e. The molecule has 1 saturated heterocycles. The second-order valence-electron chi connectivity index (χ2n) is 8.77. The van der Waals surface area contributed by atoms with Crippen LogP contribution in [0.4, 0.5) is 15.8 Å². The Morgan fingerprint density at radius 3 is 2.47 bits per heavy atom.